The van der Waals surface area contributed by atoms with Crippen LogP contribution in [-0.2, 0) is 6.54 Å². The molecule has 4 rings (SSSR count). The molecule has 1 fully saturated rings. The Kier molecular flexibility index (Phi) is 5.59. The summed E-state index contributed by atoms with van der Waals surface area (Å²) in [4.78, 5) is 19.9. The van der Waals surface area contributed by atoms with E-state index in [2.05, 4.69) is 15.0 Å². The van der Waals surface area contributed by atoms with Gasteiger partial charge in [0.05, 0.1) is 12.2 Å². The first-order valence-electron chi connectivity index (χ1n) is 9.77. The summed E-state index contributed by atoms with van der Waals surface area (Å²) in [6, 6.07) is 9.44. The van der Waals surface area contributed by atoms with Crippen molar-refractivity contribution < 1.29 is 18.1 Å². The second kappa shape index (κ2) is 8.31. The van der Waals surface area contributed by atoms with Crippen LogP contribution in [-0.4, -0.2) is 47.0 Å². The Morgan fingerprint density at radius 1 is 1.07 bits per heavy atom. The molecule has 8 heteroatoms. The minimum Gasteiger partial charge on any atom is -0.367 e. The van der Waals surface area contributed by atoms with Gasteiger partial charge in [0.25, 0.3) is 0 Å². The number of nitrogens with zero attached hydrogens (tertiary/aromatic N) is 4. The maximum absolute atomic E-state index is 14.4. The fraction of sp³-hybridized carbons (Fsp3) is 0.318. The molecule has 0 radical (unpaired) electrons. The highest BCUT2D eigenvalue weighted by Crippen LogP contribution is 2.23. The van der Waals surface area contributed by atoms with E-state index in [4.69, 9.17) is 4.52 Å². The van der Waals surface area contributed by atoms with Crippen molar-refractivity contribution in [3.8, 4) is 11.4 Å². The summed E-state index contributed by atoms with van der Waals surface area (Å²) in [5.74, 6) is -0.0364. The molecule has 1 aliphatic heterocycles. The van der Waals surface area contributed by atoms with Crippen LogP contribution in [0.1, 0.15) is 28.7 Å². The summed E-state index contributed by atoms with van der Waals surface area (Å²) in [5, 5.41) is 3.95. The van der Waals surface area contributed by atoms with E-state index >= 15 is 0 Å². The van der Waals surface area contributed by atoms with Gasteiger partial charge in [0.2, 0.25) is 11.7 Å². The number of piperazine rings is 1. The lowest BCUT2D eigenvalue weighted by atomic mass is 10.1. The molecule has 0 unspecified atom stereocenters. The number of Topliss-reactive ketones (excluding diaryl/α,β-unsaturated/α-hetero) is 1. The molecule has 2 aromatic carbocycles. The lowest BCUT2D eigenvalue weighted by molar-refractivity contribution is 0.101. The topological polar surface area (TPSA) is 62.5 Å². The van der Waals surface area contributed by atoms with E-state index in [-0.39, 0.29) is 17.4 Å². The lowest BCUT2D eigenvalue weighted by Crippen LogP contribution is -2.46. The molecule has 0 saturated carbocycles. The van der Waals surface area contributed by atoms with Gasteiger partial charge >= 0.3 is 0 Å². The van der Waals surface area contributed by atoms with E-state index in [0.717, 1.165) is 0 Å². The Balaban J connectivity index is 1.37. The van der Waals surface area contributed by atoms with Crippen LogP contribution in [0.5, 0.6) is 0 Å². The molecule has 6 nitrogen and oxygen atoms in total. The van der Waals surface area contributed by atoms with E-state index in [9.17, 15) is 13.6 Å². The average molecular weight is 412 g/mol. The highest BCUT2D eigenvalue weighted by atomic mass is 19.1. The van der Waals surface area contributed by atoms with E-state index in [1.807, 2.05) is 4.90 Å². The fourth-order valence-electron chi connectivity index (χ4n) is 3.49. The van der Waals surface area contributed by atoms with Gasteiger partial charge in [-0.15, -0.1) is 0 Å². The van der Waals surface area contributed by atoms with E-state index in [1.54, 1.807) is 31.2 Å². The SMILES string of the molecule is CC(=O)c1ccc(N2CCN(Cc3nc(-c4ccc(C)c(F)c4)no3)CC2)c(F)c1. The van der Waals surface area contributed by atoms with Gasteiger partial charge in [-0.1, -0.05) is 17.3 Å². The minimum atomic E-state index is -0.386. The van der Waals surface area contributed by atoms with Gasteiger partial charge in [-0.25, -0.2) is 8.78 Å². The van der Waals surface area contributed by atoms with Crippen molar-refractivity contribution in [1.82, 2.24) is 15.0 Å². The van der Waals surface area contributed by atoms with Gasteiger partial charge in [0, 0.05) is 37.3 Å². The summed E-state index contributed by atoms with van der Waals surface area (Å²) in [6.07, 6.45) is 0. The molecular formula is C22H22F2N4O2. The highest BCUT2D eigenvalue weighted by Gasteiger charge is 2.22. The van der Waals surface area contributed by atoms with Crippen LogP contribution in [0.3, 0.4) is 0 Å². The molecule has 0 bridgehead atoms. The second-order valence-corrected chi connectivity index (χ2v) is 7.46. The number of aromatic nitrogens is 2. The molecule has 0 spiro atoms. The first-order chi connectivity index (χ1) is 14.4. The number of carbonyl (C=O) groups is 1. The standard InChI is InChI=1S/C22H22F2N4O2/c1-14-3-4-17(12-18(14)23)22-25-21(30-26-22)13-27-7-9-28(10-8-27)20-6-5-16(15(2)29)11-19(20)24/h3-6,11-12H,7-10,13H2,1-2H3. The molecule has 2 heterocycles. The maximum Gasteiger partial charge on any atom is 0.241 e. The number of anilines is 1. The Bertz CT molecular complexity index is 1070. The molecule has 0 amide bonds. The number of ketones is 1. The molecular weight excluding hydrogens is 390 g/mol. The van der Waals surface area contributed by atoms with Crippen molar-refractivity contribution in [3.63, 3.8) is 0 Å². The van der Waals surface area contributed by atoms with Crippen LogP contribution in [0.4, 0.5) is 14.5 Å². The molecule has 1 aliphatic rings. The Hall–Kier alpha value is -3.13. The number of rotatable bonds is 5. The van der Waals surface area contributed by atoms with Crippen molar-refractivity contribution in [2.24, 2.45) is 0 Å². The summed E-state index contributed by atoms with van der Waals surface area (Å²) in [7, 11) is 0. The predicted octanol–water partition coefficient (Wildman–Crippen LogP) is 3.85. The van der Waals surface area contributed by atoms with Gasteiger partial charge in [0.15, 0.2) is 5.78 Å². The number of carbonyl (C=O) groups excluding carboxylic acids is 1. The Morgan fingerprint density at radius 2 is 1.83 bits per heavy atom. The van der Waals surface area contributed by atoms with Crippen LogP contribution < -0.4 is 4.90 Å². The third-order valence-electron chi connectivity index (χ3n) is 5.32. The molecule has 0 N–H and O–H groups in total. The minimum absolute atomic E-state index is 0.155. The highest BCUT2D eigenvalue weighted by molar-refractivity contribution is 5.94. The van der Waals surface area contributed by atoms with Crippen molar-refractivity contribution in [2.75, 3.05) is 31.1 Å². The van der Waals surface area contributed by atoms with Crippen molar-refractivity contribution in [3.05, 3.63) is 65.1 Å². The average Bonchev–Trinajstić information content (AvgIpc) is 3.19. The van der Waals surface area contributed by atoms with E-state index < -0.39 is 0 Å². The van der Waals surface area contributed by atoms with E-state index in [0.29, 0.717) is 66.8 Å². The fourth-order valence-corrected chi connectivity index (χ4v) is 3.49. The van der Waals surface area contributed by atoms with Crippen molar-refractivity contribution >= 4 is 11.5 Å². The number of hydrogen-bond donors (Lipinski definition) is 0. The zero-order valence-corrected chi connectivity index (χ0v) is 16.9. The van der Waals surface area contributed by atoms with Crippen LogP contribution >= 0.6 is 0 Å². The largest absolute Gasteiger partial charge is 0.367 e. The van der Waals surface area contributed by atoms with Gasteiger partial charge < -0.3 is 9.42 Å². The third kappa shape index (κ3) is 4.23. The number of benzene rings is 2. The van der Waals surface area contributed by atoms with Gasteiger partial charge in [0.1, 0.15) is 11.6 Å². The van der Waals surface area contributed by atoms with Crippen molar-refractivity contribution in [1.29, 1.82) is 0 Å². The van der Waals surface area contributed by atoms with Crippen LogP contribution in [0.25, 0.3) is 11.4 Å². The lowest BCUT2D eigenvalue weighted by Gasteiger charge is -2.35. The first kappa shape index (κ1) is 20.2. The summed E-state index contributed by atoms with van der Waals surface area (Å²) >= 11 is 0. The number of hydrogen-bond acceptors (Lipinski definition) is 6. The quantitative estimate of drug-likeness (QED) is 0.594. The molecule has 30 heavy (non-hydrogen) atoms. The third-order valence-corrected chi connectivity index (χ3v) is 5.32. The van der Waals surface area contributed by atoms with Crippen LogP contribution in [0.15, 0.2) is 40.9 Å². The van der Waals surface area contributed by atoms with Gasteiger partial charge in [-0.3, -0.25) is 9.69 Å². The maximum atomic E-state index is 14.4. The van der Waals surface area contributed by atoms with Gasteiger partial charge in [-0.2, -0.15) is 4.98 Å². The molecule has 3 aromatic rings. The monoisotopic (exact) mass is 412 g/mol. The number of aryl methyl sites for hydroxylation is 1. The second-order valence-electron chi connectivity index (χ2n) is 7.46. The van der Waals surface area contributed by atoms with E-state index in [1.165, 1.54) is 19.1 Å². The van der Waals surface area contributed by atoms with Crippen LogP contribution in [0.2, 0.25) is 0 Å². The smallest absolute Gasteiger partial charge is 0.241 e. The Morgan fingerprint density at radius 3 is 2.50 bits per heavy atom. The number of halogens is 2. The first-order valence-corrected chi connectivity index (χ1v) is 9.77. The van der Waals surface area contributed by atoms with Gasteiger partial charge in [-0.05, 0) is 43.7 Å². The molecule has 0 atom stereocenters. The molecule has 0 aliphatic carbocycles. The predicted molar refractivity (Wildman–Crippen MR) is 108 cm³/mol. The van der Waals surface area contributed by atoms with Crippen LogP contribution in [0, 0.1) is 18.6 Å². The molecule has 156 valence electrons. The Labute approximate surface area is 173 Å². The zero-order chi connectivity index (χ0) is 21.3. The molecule has 1 aromatic heterocycles. The summed E-state index contributed by atoms with van der Waals surface area (Å²) in [6.45, 7) is 6.27. The zero-order valence-electron chi connectivity index (χ0n) is 16.9. The summed E-state index contributed by atoms with van der Waals surface area (Å²) < 4.78 is 33.5. The van der Waals surface area contributed by atoms with Crippen molar-refractivity contribution in [2.45, 2.75) is 20.4 Å². The molecule has 1 saturated heterocycles. The summed E-state index contributed by atoms with van der Waals surface area (Å²) in [5.41, 5.74) is 2.01. The normalized spacial score (nSPS) is 14.9.